The number of hydrogen-bond acceptors (Lipinski definition) is 3. The zero-order chi connectivity index (χ0) is 13.3. The average Bonchev–Trinajstić information content (AvgIpc) is 2.27. The topological polar surface area (TPSA) is 32.7 Å². The second-order valence-electron chi connectivity index (χ2n) is 5.41. The van der Waals surface area contributed by atoms with Crippen LogP contribution < -0.4 is 4.90 Å². The molecular weight excluding hydrogens is 294 g/mol. The molecule has 1 unspecified atom stereocenters. The van der Waals surface area contributed by atoms with Crippen molar-refractivity contribution >= 4 is 21.6 Å². The summed E-state index contributed by atoms with van der Waals surface area (Å²) in [5.41, 5.74) is 1.99. The van der Waals surface area contributed by atoms with Gasteiger partial charge in [0.05, 0.1) is 18.3 Å². The molecule has 100 valence electrons. The summed E-state index contributed by atoms with van der Waals surface area (Å²) in [4.78, 5) is 2.32. The van der Waals surface area contributed by atoms with Crippen molar-refractivity contribution < 1.29 is 9.84 Å². The van der Waals surface area contributed by atoms with Gasteiger partial charge in [0, 0.05) is 23.2 Å². The van der Waals surface area contributed by atoms with Gasteiger partial charge in [-0.15, -0.1) is 0 Å². The van der Waals surface area contributed by atoms with Crippen molar-refractivity contribution in [3.8, 4) is 0 Å². The van der Waals surface area contributed by atoms with Crippen molar-refractivity contribution in [3.63, 3.8) is 0 Å². The first-order chi connectivity index (χ1) is 8.39. The lowest BCUT2D eigenvalue weighted by Crippen LogP contribution is -2.48. The van der Waals surface area contributed by atoms with Crippen LogP contribution in [0.1, 0.15) is 32.4 Å². The zero-order valence-corrected chi connectivity index (χ0v) is 12.7. The third-order valence-corrected chi connectivity index (χ3v) is 3.91. The molecule has 1 atom stereocenters. The Balaban J connectivity index is 2.21. The van der Waals surface area contributed by atoms with Gasteiger partial charge in [-0.1, -0.05) is 22.0 Å². The van der Waals surface area contributed by atoms with E-state index in [2.05, 4.69) is 46.8 Å². The summed E-state index contributed by atoms with van der Waals surface area (Å²) in [6.07, 6.45) is -0.449. The molecule has 0 spiro atoms. The molecule has 0 bridgehead atoms. The maximum atomic E-state index is 9.63. The number of ether oxygens (including phenoxy) is 1. The maximum absolute atomic E-state index is 9.63. The fourth-order valence-corrected chi connectivity index (χ4v) is 2.99. The van der Waals surface area contributed by atoms with E-state index in [0.717, 1.165) is 29.7 Å². The van der Waals surface area contributed by atoms with Gasteiger partial charge in [0.15, 0.2) is 0 Å². The van der Waals surface area contributed by atoms with E-state index in [4.69, 9.17) is 4.74 Å². The minimum Gasteiger partial charge on any atom is -0.389 e. The van der Waals surface area contributed by atoms with Crippen LogP contribution in [0.5, 0.6) is 0 Å². The van der Waals surface area contributed by atoms with Crippen LogP contribution >= 0.6 is 15.9 Å². The Morgan fingerprint density at radius 2 is 2.17 bits per heavy atom. The van der Waals surface area contributed by atoms with Crippen LogP contribution in [0, 0.1) is 0 Å². The van der Waals surface area contributed by atoms with Gasteiger partial charge in [-0.3, -0.25) is 0 Å². The van der Waals surface area contributed by atoms with Gasteiger partial charge in [-0.05, 0) is 38.5 Å². The molecule has 1 N–H and O–H groups in total. The Bertz CT molecular complexity index is 432. The van der Waals surface area contributed by atoms with Gasteiger partial charge in [0.25, 0.3) is 0 Å². The monoisotopic (exact) mass is 313 g/mol. The first-order valence-electron chi connectivity index (χ1n) is 6.25. The standard InChI is InChI=1S/C14H20BrNO2/c1-10(17)12-5-4-11(8-13(12)15)16-6-7-18-14(2,3)9-16/h4-5,8,10,17H,6-7,9H2,1-3H3. The SMILES string of the molecule is CC(O)c1ccc(N2CCOC(C)(C)C2)cc1Br. The Labute approximate surface area is 117 Å². The van der Waals surface area contributed by atoms with Crippen molar-refractivity contribution in [1.29, 1.82) is 0 Å². The number of anilines is 1. The molecule has 0 saturated carbocycles. The fourth-order valence-electron chi connectivity index (χ4n) is 2.29. The van der Waals surface area contributed by atoms with Crippen molar-refractivity contribution in [2.45, 2.75) is 32.5 Å². The number of aliphatic hydroxyl groups excluding tert-OH is 1. The first kappa shape index (κ1) is 13.8. The van der Waals surface area contributed by atoms with Crippen LogP contribution in [0.25, 0.3) is 0 Å². The van der Waals surface area contributed by atoms with E-state index in [-0.39, 0.29) is 5.60 Å². The number of hydrogen-bond donors (Lipinski definition) is 1. The highest BCUT2D eigenvalue weighted by atomic mass is 79.9. The molecule has 1 heterocycles. The number of morpholine rings is 1. The van der Waals surface area contributed by atoms with Gasteiger partial charge in [0.1, 0.15) is 0 Å². The Morgan fingerprint density at radius 1 is 1.44 bits per heavy atom. The van der Waals surface area contributed by atoms with Gasteiger partial charge in [-0.2, -0.15) is 0 Å². The molecule has 1 aromatic carbocycles. The quantitative estimate of drug-likeness (QED) is 0.910. The van der Waals surface area contributed by atoms with Crippen LogP contribution in [0.4, 0.5) is 5.69 Å². The number of halogens is 1. The molecule has 0 radical (unpaired) electrons. The normalized spacial score (nSPS) is 20.8. The molecule has 0 amide bonds. The highest BCUT2D eigenvalue weighted by molar-refractivity contribution is 9.10. The van der Waals surface area contributed by atoms with Crippen molar-refractivity contribution in [2.75, 3.05) is 24.6 Å². The molecule has 1 saturated heterocycles. The van der Waals surface area contributed by atoms with Crippen molar-refractivity contribution in [1.82, 2.24) is 0 Å². The average molecular weight is 314 g/mol. The molecule has 1 aromatic rings. The summed E-state index contributed by atoms with van der Waals surface area (Å²) in [6.45, 7) is 8.54. The van der Waals surface area contributed by atoms with Crippen molar-refractivity contribution in [2.24, 2.45) is 0 Å². The number of rotatable bonds is 2. The lowest BCUT2D eigenvalue weighted by molar-refractivity contribution is -0.0276. The zero-order valence-electron chi connectivity index (χ0n) is 11.1. The van der Waals surface area contributed by atoms with Gasteiger partial charge in [0.2, 0.25) is 0 Å². The summed E-state index contributed by atoms with van der Waals surface area (Å²) in [7, 11) is 0. The van der Waals surface area contributed by atoms with E-state index in [1.165, 1.54) is 5.69 Å². The molecule has 0 aliphatic carbocycles. The Morgan fingerprint density at radius 3 is 2.72 bits per heavy atom. The van der Waals surface area contributed by atoms with Gasteiger partial charge < -0.3 is 14.7 Å². The molecule has 1 aliphatic rings. The molecular formula is C14H20BrNO2. The number of nitrogens with zero attached hydrogens (tertiary/aromatic N) is 1. The maximum Gasteiger partial charge on any atom is 0.0801 e. The Hall–Kier alpha value is -0.580. The highest BCUT2D eigenvalue weighted by Crippen LogP contribution is 2.30. The summed E-state index contributed by atoms with van der Waals surface area (Å²) >= 11 is 3.52. The molecule has 18 heavy (non-hydrogen) atoms. The van der Waals surface area contributed by atoms with E-state index in [0.29, 0.717) is 0 Å². The minimum absolute atomic E-state index is 0.104. The van der Waals surface area contributed by atoms with E-state index < -0.39 is 6.10 Å². The summed E-state index contributed by atoms with van der Waals surface area (Å²) in [5.74, 6) is 0. The second-order valence-corrected chi connectivity index (χ2v) is 6.27. The predicted octanol–water partition coefficient (Wildman–Crippen LogP) is 3.12. The van der Waals surface area contributed by atoms with E-state index in [9.17, 15) is 5.11 Å². The van der Waals surface area contributed by atoms with Crippen LogP contribution in [0.2, 0.25) is 0 Å². The van der Waals surface area contributed by atoms with Gasteiger partial charge >= 0.3 is 0 Å². The summed E-state index contributed by atoms with van der Waals surface area (Å²) < 4.78 is 6.67. The minimum atomic E-state index is -0.449. The predicted molar refractivity (Wildman–Crippen MR) is 77.0 cm³/mol. The number of aliphatic hydroxyl groups is 1. The van der Waals surface area contributed by atoms with E-state index in [1.807, 2.05) is 6.07 Å². The molecule has 3 nitrogen and oxygen atoms in total. The highest BCUT2D eigenvalue weighted by Gasteiger charge is 2.27. The van der Waals surface area contributed by atoms with Crippen molar-refractivity contribution in [3.05, 3.63) is 28.2 Å². The summed E-state index contributed by atoms with van der Waals surface area (Å²) in [6, 6.07) is 6.12. The van der Waals surface area contributed by atoms with Crippen LogP contribution in [-0.4, -0.2) is 30.4 Å². The van der Waals surface area contributed by atoms with E-state index in [1.54, 1.807) is 6.92 Å². The smallest absolute Gasteiger partial charge is 0.0801 e. The molecule has 1 aliphatic heterocycles. The van der Waals surface area contributed by atoms with Crippen LogP contribution in [-0.2, 0) is 4.74 Å². The molecule has 2 rings (SSSR count). The molecule has 0 aromatic heterocycles. The number of benzene rings is 1. The molecule has 4 heteroatoms. The second kappa shape index (κ2) is 5.19. The molecule has 1 fully saturated rings. The lowest BCUT2D eigenvalue weighted by Gasteiger charge is -2.39. The van der Waals surface area contributed by atoms with Crippen LogP contribution in [0.15, 0.2) is 22.7 Å². The van der Waals surface area contributed by atoms with Gasteiger partial charge in [-0.25, -0.2) is 0 Å². The van der Waals surface area contributed by atoms with E-state index >= 15 is 0 Å². The first-order valence-corrected chi connectivity index (χ1v) is 7.05. The largest absolute Gasteiger partial charge is 0.389 e. The lowest BCUT2D eigenvalue weighted by atomic mass is 10.1. The fraction of sp³-hybridized carbons (Fsp3) is 0.571. The third kappa shape index (κ3) is 3.05. The summed E-state index contributed by atoms with van der Waals surface area (Å²) in [5, 5.41) is 9.63. The Kier molecular flexibility index (Phi) is 3.99. The van der Waals surface area contributed by atoms with Crippen LogP contribution in [0.3, 0.4) is 0 Å². The third-order valence-electron chi connectivity index (χ3n) is 3.22.